The van der Waals surface area contributed by atoms with Crippen LogP contribution in [0.3, 0.4) is 0 Å². The summed E-state index contributed by atoms with van der Waals surface area (Å²) in [4.78, 5) is 0. The molecule has 0 aliphatic rings. The average molecular weight is 236 g/mol. The van der Waals surface area contributed by atoms with E-state index < -0.39 is 0 Å². The Morgan fingerprint density at radius 3 is 2.67 bits per heavy atom. The molecule has 0 unspecified atom stereocenters. The fraction of sp³-hybridized carbons (Fsp3) is 0. The Bertz CT molecular complexity index is 597. The molecule has 0 saturated heterocycles. The molecule has 0 spiro atoms. The summed E-state index contributed by atoms with van der Waals surface area (Å²) < 4.78 is 0. The molecule has 88 valence electrons. The predicted molar refractivity (Wildman–Crippen MR) is 73.2 cm³/mol. The molecule has 4 nitrogen and oxygen atoms in total. The molecular formula is C14H12N4. The molecule has 0 saturated carbocycles. The molecule has 0 aliphatic heterocycles. The van der Waals surface area contributed by atoms with Crippen molar-refractivity contribution in [3.63, 3.8) is 0 Å². The molecule has 0 aromatic heterocycles. The summed E-state index contributed by atoms with van der Waals surface area (Å²) in [6.07, 6.45) is 1.65. The zero-order valence-electron chi connectivity index (χ0n) is 9.67. The highest BCUT2D eigenvalue weighted by Gasteiger charge is 1.97. The van der Waals surface area contributed by atoms with Crippen molar-refractivity contribution in [2.75, 3.05) is 11.2 Å². The standard InChI is InChI=1S/C14H12N4/c15-9-12-8-11(6-7-14(12)16)10-17-18-13-4-2-1-3-5-13/h1-8,10,18H,16H2. The second kappa shape index (κ2) is 5.51. The Morgan fingerprint density at radius 2 is 1.94 bits per heavy atom. The molecule has 2 aromatic carbocycles. The van der Waals surface area contributed by atoms with Gasteiger partial charge >= 0.3 is 0 Å². The van der Waals surface area contributed by atoms with Gasteiger partial charge in [0.2, 0.25) is 0 Å². The van der Waals surface area contributed by atoms with Gasteiger partial charge in [0.1, 0.15) is 6.07 Å². The highest BCUT2D eigenvalue weighted by Crippen LogP contribution is 2.11. The monoisotopic (exact) mass is 236 g/mol. The number of hydrogen-bond donors (Lipinski definition) is 2. The van der Waals surface area contributed by atoms with Crippen LogP contribution in [0.15, 0.2) is 53.6 Å². The Hall–Kier alpha value is -2.80. The first kappa shape index (κ1) is 11.7. The lowest BCUT2D eigenvalue weighted by atomic mass is 10.1. The van der Waals surface area contributed by atoms with Gasteiger partial charge in [0, 0.05) is 5.69 Å². The van der Waals surface area contributed by atoms with Gasteiger partial charge in [-0.05, 0) is 29.8 Å². The summed E-state index contributed by atoms with van der Waals surface area (Å²) in [5.74, 6) is 0. The van der Waals surface area contributed by atoms with Crippen LogP contribution in [-0.4, -0.2) is 6.21 Å². The van der Waals surface area contributed by atoms with Gasteiger partial charge in [0.15, 0.2) is 0 Å². The number of nitrogens with one attached hydrogen (secondary N) is 1. The second-order valence-electron chi connectivity index (χ2n) is 3.69. The average Bonchev–Trinajstić information content (AvgIpc) is 2.42. The summed E-state index contributed by atoms with van der Waals surface area (Å²) in [6.45, 7) is 0. The quantitative estimate of drug-likeness (QED) is 0.488. The van der Waals surface area contributed by atoms with Gasteiger partial charge in [-0.2, -0.15) is 10.4 Å². The Balaban J connectivity index is 2.08. The number of nitrogens with zero attached hydrogens (tertiary/aromatic N) is 2. The van der Waals surface area contributed by atoms with E-state index in [1.54, 1.807) is 18.3 Å². The topological polar surface area (TPSA) is 74.2 Å². The van der Waals surface area contributed by atoms with Crippen molar-refractivity contribution in [3.05, 3.63) is 59.7 Å². The van der Waals surface area contributed by atoms with Crippen LogP contribution in [0.5, 0.6) is 0 Å². The molecule has 2 rings (SSSR count). The lowest BCUT2D eigenvalue weighted by Crippen LogP contribution is -1.94. The third kappa shape index (κ3) is 2.86. The summed E-state index contributed by atoms with van der Waals surface area (Å²) >= 11 is 0. The number of hydrazone groups is 1. The van der Waals surface area contributed by atoms with E-state index in [1.165, 1.54) is 0 Å². The first-order chi connectivity index (χ1) is 8.79. The molecule has 0 aliphatic carbocycles. The molecule has 18 heavy (non-hydrogen) atoms. The van der Waals surface area contributed by atoms with Crippen molar-refractivity contribution in [3.8, 4) is 6.07 Å². The minimum atomic E-state index is 0.457. The van der Waals surface area contributed by atoms with Crippen LogP contribution in [0.2, 0.25) is 0 Å². The van der Waals surface area contributed by atoms with Gasteiger partial charge < -0.3 is 5.73 Å². The number of anilines is 2. The maximum atomic E-state index is 8.86. The van der Waals surface area contributed by atoms with E-state index in [0.29, 0.717) is 11.3 Å². The minimum Gasteiger partial charge on any atom is -0.398 e. The number of nitrogen functional groups attached to an aromatic ring is 1. The van der Waals surface area contributed by atoms with Crippen molar-refractivity contribution >= 4 is 17.6 Å². The molecule has 2 aromatic rings. The van der Waals surface area contributed by atoms with Gasteiger partial charge in [-0.1, -0.05) is 24.3 Å². The van der Waals surface area contributed by atoms with Gasteiger partial charge in [-0.25, -0.2) is 0 Å². The fourth-order valence-electron chi connectivity index (χ4n) is 1.45. The fourth-order valence-corrected chi connectivity index (χ4v) is 1.45. The number of rotatable bonds is 3. The van der Waals surface area contributed by atoms with Crippen molar-refractivity contribution in [2.45, 2.75) is 0 Å². The van der Waals surface area contributed by atoms with Gasteiger partial charge in [0.25, 0.3) is 0 Å². The molecule has 0 heterocycles. The maximum Gasteiger partial charge on any atom is 0.101 e. The lowest BCUT2D eigenvalue weighted by molar-refractivity contribution is 1.35. The SMILES string of the molecule is N#Cc1cc(C=NNc2ccccc2)ccc1N. The maximum absolute atomic E-state index is 8.86. The molecule has 0 atom stereocenters. The summed E-state index contributed by atoms with van der Waals surface area (Å²) in [7, 11) is 0. The van der Waals surface area contributed by atoms with E-state index in [0.717, 1.165) is 11.3 Å². The molecule has 3 N–H and O–H groups in total. The third-order valence-electron chi connectivity index (χ3n) is 2.38. The Labute approximate surface area is 105 Å². The highest BCUT2D eigenvalue weighted by atomic mass is 15.3. The van der Waals surface area contributed by atoms with Crippen LogP contribution in [0.25, 0.3) is 0 Å². The zero-order chi connectivity index (χ0) is 12.8. The molecule has 0 bridgehead atoms. The van der Waals surface area contributed by atoms with E-state index in [-0.39, 0.29) is 0 Å². The smallest absolute Gasteiger partial charge is 0.101 e. The minimum absolute atomic E-state index is 0.457. The normalized spacial score (nSPS) is 10.2. The number of hydrogen-bond acceptors (Lipinski definition) is 4. The molecule has 0 radical (unpaired) electrons. The number of benzene rings is 2. The lowest BCUT2D eigenvalue weighted by Gasteiger charge is -2.00. The van der Waals surface area contributed by atoms with Crippen LogP contribution >= 0.6 is 0 Å². The van der Waals surface area contributed by atoms with Crippen molar-refractivity contribution in [1.82, 2.24) is 0 Å². The Kier molecular flexibility index (Phi) is 3.57. The van der Waals surface area contributed by atoms with E-state index in [9.17, 15) is 0 Å². The first-order valence-corrected chi connectivity index (χ1v) is 5.43. The first-order valence-electron chi connectivity index (χ1n) is 5.43. The van der Waals surface area contributed by atoms with E-state index >= 15 is 0 Å². The Morgan fingerprint density at radius 1 is 1.17 bits per heavy atom. The summed E-state index contributed by atoms with van der Waals surface area (Å²) in [6, 6.07) is 16.9. The number of nitriles is 1. The van der Waals surface area contributed by atoms with Crippen molar-refractivity contribution in [1.29, 1.82) is 5.26 Å². The van der Waals surface area contributed by atoms with Gasteiger partial charge in [0.05, 0.1) is 17.5 Å². The van der Waals surface area contributed by atoms with E-state index in [2.05, 4.69) is 10.5 Å². The van der Waals surface area contributed by atoms with Crippen LogP contribution in [-0.2, 0) is 0 Å². The van der Waals surface area contributed by atoms with Gasteiger partial charge in [-0.3, -0.25) is 5.43 Å². The van der Waals surface area contributed by atoms with E-state index in [4.69, 9.17) is 11.0 Å². The molecule has 0 fully saturated rings. The second-order valence-corrected chi connectivity index (χ2v) is 3.69. The van der Waals surface area contributed by atoms with Crippen molar-refractivity contribution < 1.29 is 0 Å². The summed E-state index contributed by atoms with van der Waals surface area (Å²) in [5, 5.41) is 12.9. The largest absolute Gasteiger partial charge is 0.398 e. The molecular weight excluding hydrogens is 224 g/mol. The predicted octanol–water partition coefficient (Wildman–Crippen LogP) is 2.59. The number of para-hydroxylation sites is 1. The molecule has 4 heteroatoms. The highest BCUT2D eigenvalue weighted by molar-refractivity contribution is 5.82. The van der Waals surface area contributed by atoms with Crippen LogP contribution < -0.4 is 11.2 Å². The van der Waals surface area contributed by atoms with E-state index in [1.807, 2.05) is 42.5 Å². The van der Waals surface area contributed by atoms with Crippen LogP contribution in [0.1, 0.15) is 11.1 Å². The van der Waals surface area contributed by atoms with Gasteiger partial charge in [-0.15, -0.1) is 0 Å². The van der Waals surface area contributed by atoms with Crippen LogP contribution in [0.4, 0.5) is 11.4 Å². The third-order valence-corrected chi connectivity index (χ3v) is 2.38. The van der Waals surface area contributed by atoms with Crippen molar-refractivity contribution in [2.24, 2.45) is 5.10 Å². The molecule has 0 amide bonds. The van der Waals surface area contributed by atoms with Crippen LogP contribution in [0, 0.1) is 11.3 Å². The zero-order valence-corrected chi connectivity index (χ0v) is 9.67. The summed E-state index contributed by atoms with van der Waals surface area (Å²) in [5.41, 5.74) is 11.2. The number of nitrogens with two attached hydrogens (primary N) is 1.